The predicted octanol–water partition coefficient (Wildman–Crippen LogP) is -1.10. The first-order chi connectivity index (χ1) is 9.52. The molecule has 0 aromatic carbocycles. The van der Waals surface area contributed by atoms with E-state index in [-0.39, 0.29) is 32.2 Å². The Morgan fingerprint density at radius 1 is 0.524 bits per heavy atom. The van der Waals surface area contributed by atoms with Gasteiger partial charge in [-0.15, -0.1) is 0 Å². The smallest absolute Gasteiger partial charge is 0.317 e. The second-order valence-corrected chi connectivity index (χ2v) is 3.17. The largest absolute Gasteiger partial charge is 0.481 e. The van der Waals surface area contributed by atoms with Crippen molar-refractivity contribution in [1.82, 2.24) is 0 Å². The van der Waals surface area contributed by atoms with E-state index in [0.29, 0.717) is 0 Å². The summed E-state index contributed by atoms with van der Waals surface area (Å²) in [6.07, 6.45) is -1.19. The van der Waals surface area contributed by atoms with E-state index < -0.39 is 29.8 Å². The maximum Gasteiger partial charge on any atom is 0.317 e. The fraction of sp³-hybridized carbons (Fsp3) is 0.500. The maximum absolute atomic E-state index is 9.64. The van der Waals surface area contributed by atoms with Crippen LogP contribution in [-0.4, -0.2) is 61.9 Å². The van der Waals surface area contributed by atoms with E-state index in [2.05, 4.69) is 5.73 Å². The number of nitrogens with two attached hydrogens (primary N) is 1. The molecule has 0 saturated heterocycles. The molecule has 0 fully saturated rings. The van der Waals surface area contributed by atoms with Crippen LogP contribution in [0.1, 0.15) is 25.7 Å². The highest BCUT2D eigenvalue weighted by Crippen LogP contribution is 1.86. The Balaban J connectivity index is -0.000000239. The molecule has 0 bridgehead atoms. The number of hydrogen-bond acceptors (Lipinski definition) is 6. The zero-order valence-corrected chi connectivity index (χ0v) is 10.9. The van der Waals surface area contributed by atoms with Crippen molar-refractivity contribution in [2.24, 2.45) is 5.73 Å². The van der Waals surface area contributed by atoms with Crippen molar-refractivity contribution in [2.45, 2.75) is 25.7 Å². The Morgan fingerprint density at radius 3 is 0.714 bits per heavy atom. The third-order valence-electron chi connectivity index (χ3n) is 1.28. The highest BCUT2D eigenvalue weighted by atomic mass is 16.4. The van der Waals surface area contributed by atoms with E-state index in [4.69, 9.17) is 25.5 Å². The molecule has 0 spiro atoms. The minimum Gasteiger partial charge on any atom is -0.481 e. The van der Waals surface area contributed by atoms with E-state index in [1.54, 1.807) is 0 Å². The molecule has 7 N–H and O–H groups in total. The molecule has 0 aliphatic rings. The Morgan fingerprint density at radius 2 is 0.667 bits per heavy atom. The molecule has 0 aliphatic heterocycles. The number of carboxylic acid groups (broad SMARTS) is 5. The van der Waals surface area contributed by atoms with E-state index >= 15 is 0 Å². The minimum absolute atomic E-state index is 0.278. The van der Waals surface area contributed by atoms with Gasteiger partial charge in [0.1, 0.15) is 0 Å². The van der Waals surface area contributed by atoms with Crippen molar-refractivity contribution in [3.05, 3.63) is 0 Å². The molecule has 0 radical (unpaired) electrons. The maximum atomic E-state index is 9.64. The van der Waals surface area contributed by atoms with Crippen LogP contribution >= 0.6 is 0 Å². The van der Waals surface area contributed by atoms with Gasteiger partial charge in [-0.1, -0.05) is 0 Å². The molecule has 0 heterocycles. The lowest BCUT2D eigenvalue weighted by Crippen LogP contribution is -2.10. The van der Waals surface area contributed by atoms with Crippen LogP contribution < -0.4 is 5.73 Å². The lowest BCUT2D eigenvalue weighted by molar-refractivity contribution is -0.143. The first-order valence-corrected chi connectivity index (χ1v) is 5.31. The molecule has 11 heteroatoms. The Labute approximate surface area is 118 Å². The molecular weight excluding hydrogens is 294 g/mol. The highest BCUT2D eigenvalue weighted by molar-refractivity contribution is 5.75. The van der Waals surface area contributed by atoms with Gasteiger partial charge in [0.15, 0.2) is 0 Å². The summed E-state index contributed by atoms with van der Waals surface area (Å²) in [6, 6.07) is 0. The molecule has 0 saturated carbocycles. The number of hydrogen-bond donors (Lipinski definition) is 6. The number of aliphatic carboxylic acids is 5. The van der Waals surface area contributed by atoms with Gasteiger partial charge >= 0.3 is 29.8 Å². The summed E-state index contributed by atoms with van der Waals surface area (Å²) in [4.78, 5) is 47.8. The number of rotatable bonds is 7. The van der Waals surface area contributed by atoms with E-state index in [1.807, 2.05) is 0 Å². The van der Waals surface area contributed by atoms with Crippen LogP contribution in [0.5, 0.6) is 0 Å². The fourth-order valence-corrected chi connectivity index (χ4v) is 0.428. The Hall–Kier alpha value is -2.69. The molecule has 11 nitrogen and oxygen atoms in total. The number of carboxylic acids is 5. The van der Waals surface area contributed by atoms with E-state index in [0.717, 1.165) is 0 Å². The van der Waals surface area contributed by atoms with Gasteiger partial charge in [-0.25, -0.2) is 0 Å². The molecule has 0 aliphatic carbocycles. The summed E-state index contributed by atoms with van der Waals surface area (Å²) in [5.74, 6) is -5.27. The van der Waals surface area contributed by atoms with Crippen molar-refractivity contribution < 1.29 is 49.5 Å². The zero-order chi connectivity index (χ0) is 17.4. The van der Waals surface area contributed by atoms with Gasteiger partial charge in [-0.05, 0) is 0 Å². The SMILES string of the molecule is NCC(=O)O.O=C(O)CCC(=O)O.O=C(O)CCC(=O)O. The van der Waals surface area contributed by atoms with Crippen molar-refractivity contribution >= 4 is 29.8 Å². The highest BCUT2D eigenvalue weighted by Gasteiger charge is 2.01. The summed E-state index contributed by atoms with van der Waals surface area (Å²) in [6.45, 7) is -0.278. The molecule has 21 heavy (non-hydrogen) atoms. The van der Waals surface area contributed by atoms with Crippen LogP contribution in [0.4, 0.5) is 0 Å². The van der Waals surface area contributed by atoms with Crippen LogP contribution in [0, 0.1) is 0 Å². The molecule has 0 atom stereocenters. The topological polar surface area (TPSA) is 213 Å². The van der Waals surface area contributed by atoms with Crippen molar-refractivity contribution in [1.29, 1.82) is 0 Å². The summed E-state index contributed by atoms with van der Waals surface area (Å²) >= 11 is 0. The van der Waals surface area contributed by atoms with Crippen molar-refractivity contribution in [3.63, 3.8) is 0 Å². The van der Waals surface area contributed by atoms with Crippen LogP contribution in [0.3, 0.4) is 0 Å². The predicted molar refractivity (Wildman–Crippen MR) is 65.7 cm³/mol. The standard InChI is InChI=1S/2C4H6O4.C2H5NO2/c2*5-3(6)1-2-4(7)8;3-1-2(4)5/h2*1-2H2,(H,5,6)(H,7,8);1,3H2,(H,4,5). The summed E-state index contributed by atoms with van der Waals surface area (Å²) in [5.41, 5.74) is 4.57. The number of carbonyl (C=O) groups is 5. The lowest BCUT2D eigenvalue weighted by atomic mass is 10.3. The van der Waals surface area contributed by atoms with E-state index in [9.17, 15) is 24.0 Å². The quantitative estimate of drug-likeness (QED) is 0.332. The third-order valence-corrected chi connectivity index (χ3v) is 1.28. The summed E-state index contributed by atoms with van der Waals surface area (Å²) in [5, 5.41) is 39.2. The van der Waals surface area contributed by atoms with Crippen LogP contribution in [0.2, 0.25) is 0 Å². The lowest BCUT2D eigenvalue weighted by Gasteiger charge is -1.85. The summed E-state index contributed by atoms with van der Waals surface area (Å²) in [7, 11) is 0. The van der Waals surface area contributed by atoms with Gasteiger partial charge in [-0.3, -0.25) is 24.0 Å². The second-order valence-electron chi connectivity index (χ2n) is 3.17. The normalized spacial score (nSPS) is 8.24. The molecular formula is C10H17NO10. The van der Waals surface area contributed by atoms with Crippen LogP contribution in [0.25, 0.3) is 0 Å². The van der Waals surface area contributed by atoms with Gasteiger partial charge in [0.05, 0.1) is 32.2 Å². The fourth-order valence-electron chi connectivity index (χ4n) is 0.428. The summed E-state index contributed by atoms with van der Waals surface area (Å²) < 4.78 is 0. The Bertz CT molecular complexity index is 309. The Kier molecular flexibility index (Phi) is 17.1. The molecule has 0 aromatic rings. The van der Waals surface area contributed by atoms with Crippen molar-refractivity contribution in [3.8, 4) is 0 Å². The first kappa shape index (κ1) is 23.4. The van der Waals surface area contributed by atoms with Gasteiger partial charge in [-0.2, -0.15) is 0 Å². The van der Waals surface area contributed by atoms with Crippen LogP contribution in [-0.2, 0) is 24.0 Å². The molecule has 0 aromatic heterocycles. The van der Waals surface area contributed by atoms with Gasteiger partial charge in [0.2, 0.25) is 0 Å². The minimum atomic E-state index is -1.08. The average Bonchev–Trinajstić information content (AvgIpc) is 2.35. The van der Waals surface area contributed by atoms with Crippen LogP contribution in [0.15, 0.2) is 0 Å². The monoisotopic (exact) mass is 311 g/mol. The molecule has 0 amide bonds. The zero-order valence-electron chi connectivity index (χ0n) is 10.9. The molecule has 0 unspecified atom stereocenters. The molecule has 0 rings (SSSR count). The first-order valence-electron chi connectivity index (χ1n) is 5.31. The third kappa shape index (κ3) is 46.8. The second kappa shape index (κ2) is 15.4. The van der Waals surface area contributed by atoms with Gasteiger partial charge in [0.25, 0.3) is 0 Å². The average molecular weight is 311 g/mol. The van der Waals surface area contributed by atoms with Crippen molar-refractivity contribution in [2.75, 3.05) is 6.54 Å². The molecule has 122 valence electrons. The van der Waals surface area contributed by atoms with Gasteiger partial charge < -0.3 is 31.3 Å². The van der Waals surface area contributed by atoms with Gasteiger partial charge in [0, 0.05) is 0 Å². The van der Waals surface area contributed by atoms with E-state index in [1.165, 1.54) is 0 Å².